The average molecular weight is 194 g/mol. The molecule has 0 amide bonds. The molecule has 0 atom stereocenters. The van der Waals surface area contributed by atoms with Gasteiger partial charge in [-0.25, -0.2) is 0 Å². The van der Waals surface area contributed by atoms with Crippen LogP contribution >= 0.6 is 0 Å². The van der Waals surface area contributed by atoms with Gasteiger partial charge < -0.3 is 4.74 Å². The Balaban J connectivity index is 3.94. The third-order valence-corrected chi connectivity index (χ3v) is 2.07. The molecule has 0 N–H and O–H groups in total. The molecule has 0 aromatic heterocycles. The zero-order valence-electron chi connectivity index (χ0n) is 9.68. The Morgan fingerprint density at radius 1 is 1.36 bits per heavy atom. The highest BCUT2D eigenvalue weighted by molar-refractivity contribution is 5.18. The molecule has 0 bridgehead atoms. The second-order valence-corrected chi connectivity index (χ2v) is 3.38. The van der Waals surface area contributed by atoms with Gasteiger partial charge in [0, 0.05) is 0 Å². The van der Waals surface area contributed by atoms with Crippen molar-refractivity contribution in [1.82, 2.24) is 0 Å². The van der Waals surface area contributed by atoms with Crippen LogP contribution in [0.1, 0.15) is 40.0 Å². The standard InChI is InChI=1S/C13H22O/c1-5-7-8-9-10-12(3)13(4)14-11-6-2/h6,9-10H,2,5,7-8,11H2,1,3-4H3/b10-9+,13-12+. The fourth-order valence-corrected chi connectivity index (χ4v) is 0.997. The van der Waals surface area contributed by atoms with Crippen LogP contribution in [0.4, 0.5) is 0 Å². The molecule has 0 saturated heterocycles. The van der Waals surface area contributed by atoms with E-state index in [1.165, 1.54) is 18.4 Å². The molecule has 0 aromatic rings. The first-order chi connectivity index (χ1) is 6.72. The van der Waals surface area contributed by atoms with E-state index in [2.05, 4.69) is 32.6 Å². The van der Waals surface area contributed by atoms with Gasteiger partial charge in [-0.3, -0.25) is 0 Å². The highest BCUT2D eigenvalue weighted by Gasteiger charge is 1.92. The van der Waals surface area contributed by atoms with Crippen molar-refractivity contribution in [2.24, 2.45) is 0 Å². The lowest BCUT2D eigenvalue weighted by molar-refractivity contribution is 0.247. The van der Waals surface area contributed by atoms with Gasteiger partial charge >= 0.3 is 0 Å². The van der Waals surface area contributed by atoms with Crippen LogP contribution in [0, 0.1) is 0 Å². The fraction of sp³-hybridized carbons (Fsp3) is 0.538. The van der Waals surface area contributed by atoms with E-state index in [1.54, 1.807) is 6.08 Å². The van der Waals surface area contributed by atoms with Gasteiger partial charge in [-0.15, -0.1) is 0 Å². The summed E-state index contributed by atoms with van der Waals surface area (Å²) < 4.78 is 5.42. The van der Waals surface area contributed by atoms with Crippen LogP contribution < -0.4 is 0 Å². The molecule has 0 unspecified atom stereocenters. The molecule has 80 valence electrons. The van der Waals surface area contributed by atoms with Gasteiger partial charge in [0.15, 0.2) is 0 Å². The molecule has 0 aromatic carbocycles. The second kappa shape index (κ2) is 8.61. The van der Waals surface area contributed by atoms with Crippen LogP contribution in [0.25, 0.3) is 0 Å². The van der Waals surface area contributed by atoms with Gasteiger partial charge in [0.25, 0.3) is 0 Å². The van der Waals surface area contributed by atoms with E-state index < -0.39 is 0 Å². The van der Waals surface area contributed by atoms with E-state index in [0.717, 1.165) is 12.2 Å². The topological polar surface area (TPSA) is 9.23 Å². The van der Waals surface area contributed by atoms with E-state index in [4.69, 9.17) is 4.74 Å². The van der Waals surface area contributed by atoms with Gasteiger partial charge in [0.1, 0.15) is 6.61 Å². The third kappa shape index (κ3) is 6.53. The number of hydrogen-bond donors (Lipinski definition) is 0. The Labute approximate surface area is 88.2 Å². The maximum Gasteiger partial charge on any atom is 0.106 e. The first-order valence-corrected chi connectivity index (χ1v) is 5.30. The largest absolute Gasteiger partial charge is 0.494 e. The zero-order chi connectivity index (χ0) is 10.8. The van der Waals surface area contributed by atoms with Crippen LogP contribution in [-0.2, 0) is 4.74 Å². The minimum Gasteiger partial charge on any atom is -0.494 e. The highest BCUT2D eigenvalue weighted by atomic mass is 16.5. The number of allylic oxidation sites excluding steroid dienone is 4. The van der Waals surface area contributed by atoms with Crippen LogP contribution in [0.15, 0.2) is 36.1 Å². The molecule has 0 fully saturated rings. The van der Waals surface area contributed by atoms with Crippen LogP contribution in [0.2, 0.25) is 0 Å². The predicted octanol–water partition coefficient (Wildman–Crippen LogP) is 4.23. The van der Waals surface area contributed by atoms with Crippen molar-refractivity contribution in [3.63, 3.8) is 0 Å². The molecule has 0 aliphatic rings. The lowest BCUT2D eigenvalue weighted by Crippen LogP contribution is -1.90. The molecular formula is C13H22O. The van der Waals surface area contributed by atoms with Crippen molar-refractivity contribution in [2.75, 3.05) is 6.61 Å². The molecule has 0 aliphatic carbocycles. The number of rotatable bonds is 7. The molecule has 0 heterocycles. The molecule has 0 rings (SSSR count). The second-order valence-electron chi connectivity index (χ2n) is 3.38. The van der Waals surface area contributed by atoms with E-state index in [-0.39, 0.29) is 0 Å². The minimum absolute atomic E-state index is 0.589. The van der Waals surface area contributed by atoms with Gasteiger partial charge in [-0.2, -0.15) is 0 Å². The number of ether oxygens (including phenoxy) is 1. The highest BCUT2D eigenvalue weighted by Crippen LogP contribution is 2.07. The average Bonchev–Trinajstić information content (AvgIpc) is 2.20. The van der Waals surface area contributed by atoms with E-state index >= 15 is 0 Å². The van der Waals surface area contributed by atoms with Gasteiger partial charge in [-0.1, -0.05) is 44.6 Å². The van der Waals surface area contributed by atoms with Gasteiger partial charge in [-0.05, 0) is 25.8 Å². The van der Waals surface area contributed by atoms with Gasteiger partial charge in [0.2, 0.25) is 0 Å². The fourth-order valence-electron chi connectivity index (χ4n) is 0.997. The van der Waals surface area contributed by atoms with E-state index in [0.29, 0.717) is 6.61 Å². The van der Waals surface area contributed by atoms with Crippen molar-refractivity contribution in [1.29, 1.82) is 0 Å². The summed E-state index contributed by atoms with van der Waals surface area (Å²) in [6, 6.07) is 0. The lowest BCUT2D eigenvalue weighted by Gasteiger charge is -2.04. The van der Waals surface area contributed by atoms with Crippen LogP contribution in [0.3, 0.4) is 0 Å². The summed E-state index contributed by atoms with van der Waals surface area (Å²) in [6.45, 7) is 10.5. The number of unbranched alkanes of at least 4 members (excludes halogenated alkanes) is 2. The Morgan fingerprint density at radius 3 is 2.64 bits per heavy atom. The summed E-state index contributed by atoms with van der Waals surface area (Å²) in [4.78, 5) is 0. The molecule has 0 spiro atoms. The van der Waals surface area contributed by atoms with Crippen molar-refractivity contribution in [3.8, 4) is 0 Å². The third-order valence-electron chi connectivity index (χ3n) is 2.07. The molecule has 0 saturated carbocycles. The Bertz CT molecular complexity index is 211. The van der Waals surface area contributed by atoms with E-state index in [1.807, 2.05) is 6.92 Å². The van der Waals surface area contributed by atoms with Crippen molar-refractivity contribution in [2.45, 2.75) is 40.0 Å². The molecule has 14 heavy (non-hydrogen) atoms. The van der Waals surface area contributed by atoms with Crippen molar-refractivity contribution >= 4 is 0 Å². The maximum absolute atomic E-state index is 5.42. The van der Waals surface area contributed by atoms with Crippen LogP contribution in [-0.4, -0.2) is 6.61 Å². The van der Waals surface area contributed by atoms with E-state index in [9.17, 15) is 0 Å². The monoisotopic (exact) mass is 194 g/mol. The Morgan fingerprint density at radius 2 is 2.07 bits per heavy atom. The van der Waals surface area contributed by atoms with Crippen molar-refractivity contribution < 1.29 is 4.74 Å². The molecule has 1 heteroatoms. The SMILES string of the molecule is C=CCO/C(C)=C(C)/C=C/CCCC. The first-order valence-electron chi connectivity index (χ1n) is 5.30. The Kier molecular flexibility index (Phi) is 8.01. The summed E-state index contributed by atoms with van der Waals surface area (Å²) in [5, 5.41) is 0. The quantitative estimate of drug-likeness (QED) is 0.255. The molecule has 1 nitrogen and oxygen atoms in total. The normalized spacial score (nSPS) is 12.8. The Hall–Kier alpha value is -0.980. The molecule has 0 aliphatic heterocycles. The van der Waals surface area contributed by atoms with Gasteiger partial charge in [0.05, 0.1) is 5.76 Å². The summed E-state index contributed by atoms with van der Waals surface area (Å²) >= 11 is 0. The zero-order valence-corrected chi connectivity index (χ0v) is 9.68. The van der Waals surface area contributed by atoms with Crippen LogP contribution in [0.5, 0.6) is 0 Å². The smallest absolute Gasteiger partial charge is 0.106 e. The summed E-state index contributed by atoms with van der Waals surface area (Å²) in [7, 11) is 0. The summed E-state index contributed by atoms with van der Waals surface area (Å²) in [5.74, 6) is 0.984. The first kappa shape index (κ1) is 13.0. The maximum atomic E-state index is 5.42. The predicted molar refractivity (Wildman–Crippen MR) is 63.2 cm³/mol. The molecular weight excluding hydrogens is 172 g/mol. The summed E-state index contributed by atoms with van der Waals surface area (Å²) in [5.41, 5.74) is 1.20. The molecule has 0 radical (unpaired) electrons. The van der Waals surface area contributed by atoms with Crippen molar-refractivity contribution in [3.05, 3.63) is 36.1 Å². The lowest BCUT2D eigenvalue weighted by atomic mass is 10.2. The number of hydrogen-bond acceptors (Lipinski definition) is 1. The summed E-state index contributed by atoms with van der Waals surface area (Å²) in [6.07, 6.45) is 9.77. The minimum atomic E-state index is 0.589.